The molecule has 0 amide bonds. The van der Waals surface area contributed by atoms with Gasteiger partial charge in [-0.25, -0.2) is 0 Å². The van der Waals surface area contributed by atoms with Gasteiger partial charge in [0.1, 0.15) is 11.4 Å². The van der Waals surface area contributed by atoms with E-state index in [1.807, 2.05) is 24.3 Å². The average Bonchev–Trinajstić information content (AvgIpc) is 3.77. The molecular weight excluding hydrogens is 532 g/mol. The third-order valence-corrected chi connectivity index (χ3v) is 8.00. The molecule has 0 unspecified atom stereocenters. The molecule has 1 saturated heterocycles. The monoisotopic (exact) mass is 563 g/mol. The minimum absolute atomic E-state index is 0.223. The van der Waals surface area contributed by atoms with Gasteiger partial charge in [-0.2, -0.15) is 26.3 Å². The zero-order valence-electron chi connectivity index (χ0n) is 21.8. The third-order valence-electron chi connectivity index (χ3n) is 8.00. The molecule has 1 saturated carbocycles. The fourth-order valence-corrected chi connectivity index (χ4v) is 5.42. The SMILES string of the molecule is OC(c1ccc(C(F)(F)F)cc1)(c1ccc(C(F)(F)F)cc1)C1CCN(Cc2ccc(OCC3CC3)cc2)CC1. The van der Waals surface area contributed by atoms with Crippen LogP contribution in [-0.2, 0) is 24.5 Å². The molecule has 3 aromatic rings. The first-order valence-corrected chi connectivity index (χ1v) is 13.4. The number of benzene rings is 3. The number of nitrogens with zero attached hydrogens (tertiary/aromatic N) is 1. The molecule has 3 aromatic carbocycles. The fourth-order valence-electron chi connectivity index (χ4n) is 5.42. The van der Waals surface area contributed by atoms with Crippen LogP contribution >= 0.6 is 0 Å². The van der Waals surface area contributed by atoms with Crippen LogP contribution < -0.4 is 4.74 Å². The number of hydrogen-bond acceptors (Lipinski definition) is 3. The van der Waals surface area contributed by atoms with Gasteiger partial charge in [-0.05, 0) is 104 Å². The minimum atomic E-state index is -4.54. The predicted molar refractivity (Wildman–Crippen MR) is 139 cm³/mol. The number of aliphatic hydroxyl groups is 1. The van der Waals surface area contributed by atoms with Crippen LogP contribution in [-0.4, -0.2) is 29.7 Å². The van der Waals surface area contributed by atoms with Crippen molar-refractivity contribution in [3.05, 3.63) is 101 Å². The van der Waals surface area contributed by atoms with E-state index in [-0.39, 0.29) is 11.1 Å². The molecule has 1 aliphatic carbocycles. The molecule has 0 bridgehead atoms. The largest absolute Gasteiger partial charge is 0.493 e. The van der Waals surface area contributed by atoms with Gasteiger partial charge in [0.25, 0.3) is 0 Å². The van der Waals surface area contributed by atoms with Crippen molar-refractivity contribution in [1.82, 2.24) is 4.90 Å². The van der Waals surface area contributed by atoms with Gasteiger partial charge in [0, 0.05) is 6.54 Å². The van der Waals surface area contributed by atoms with Gasteiger partial charge in [0.15, 0.2) is 0 Å². The molecule has 0 radical (unpaired) electrons. The summed E-state index contributed by atoms with van der Waals surface area (Å²) in [6.07, 6.45) is -5.61. The van der Waals surface area contributed by atoms with Crippen molar-refractivity contribution >= 4 is 0 Å². The summed E-state index contributed by atoms with van der Waals surface area (Å²) in [6, 6.07) is 16.4. The van der Waals surface area contributed by atoms with Crippen molar-refractivity contribution in [2.24, 2.45) is 11.8 Å². The Bertz CT molecular complexity index is 1200. The number of likely N-dealkylation sites (tertiary alicyclic amines) is 1. The molecule has 40 heavy (non-hydrogen) atoms. The quantitative estimate of drug-likeness (QED) is 0.286. The fraction of sp³-hybridized carbons (Fsp3) is 0.419. The summed E-state index contributed by atoms with van der Waals surface area (Å²) in [4.78, 5) is 2.23. The van der Waals surface area contributed by atoms with Gasteiger partial charge in [-0.15, -0.1) is 0 Å². The number of hydrogen-bond donors (Lipinski definition) is 1. The van der Waals surface area contributed by atoms with Crippen LogP contribution in [0.3, 0.4) is 0 Å². The van der Waals surface area contributed by atoms with Crippen molar-refractivity contribution < 1.29 is 36.2 Å². The second kappa shape index (κ2) is 11.1. The lowest BCUT2D eigenvalue weighted by atomic mass is 9.71. The van der Waals surface area contributed by atoms with Gasteiger partial charge >= 0.3 is 12.4 Å². The third kappa shape index (κ3) is 6.47. The average molecular weight is 564 g/mol. The lowest BCUT2D eigenvalue weighted by molar-refractivity contribution is -0.138. The lowest BCUT2D eigenvalue weighted by Crippen LogP contribution is -2.44. The molecule has 214 valence electrons. The van der Waals surface area contributed by atoms with E-state index >= 15 is 0 Å². The number of rotatable bonds is 8. The van der Waals surface area contributed by atoms with Crippen LogP contribution in [0.4, 0.5) is 26.3 Å². The summed E-state index contributed by atoms with van der Waals surface area (Å²) < 4.78 is 84.9. The van der Waals surface area contributed by atoms with Gasteiger partial charge in [0.05, 0.1) is 17.7 Å². The van der Waals surface area contributed by atoms with E-state index in [9.17, 15) is 31.4 Å². The highest BCUT2D eigenvalue weighted by atomic mass is 19.4. The Morgan fingerprint density at radius 3 is 1.52 bits per heavy atom. The van der Waals surface area contributed by atoms with Crippen molar-refractivity contribution in [2.75, 3.05) is 19.7 Å². The molecule has 9 heteroatoms. The normalized spacial score (nSPS) is 17.7. The first-order chi connectivity index (χ1) is 18.9. The molecule has 3 nitrogen and oxygen atoms in total. The Morgan fingerprint density at radius 1 is 0.650 bits per heavy atom. The van der Waals surface area contributed by atoms with Crippen LogP contribution in [0.5, 0.6) is 5.75 Å². The molecule has 0 aromatic heterocycles. The second-order valence-corrected chi connectivity index (χ2v) is 10.9. The van der Waals surface area contributed by atoms with E-state index in [2.05, 4.69) is 4.90 Å². The molecule has 2 fully saturated rings. The first-order valence-electron chi connectivity index (χ1n) is 13.4. The summed E-state index contributed by atoms with van der Waals surface area (Å²) >= 11 is 0. The summed E-state index contributed by atoms with van der Waals surface area (Å²) in [5.41, 5.74) is -1.91. The lowest BCUT2D eigenvalue weighted by Gasteiger charge is -2.42. The van der Waals surface area contributed by atoms with Gasteiger partial charge in [-0.1, -0.05) is 36.4 Å². The molecule has 2 aliphatic rings. The van der Waals surface area contributed by atoms with Crippen LogP contribution in [0.25, 0.3) is 0 Å². The number of halogens is 6. The van der Waals surface area contributed by atoms with Crippen molar-refractivity contribution in [2.45, 2.75) is 50.2 Å². The maximum Gasteiger partial charge on any atom is 0.416 e. The molecule has 5 rings (SSSR count). The Kier molecular flexibility index (Phi) is 7.90. The molecular formula is C31H31F6NO2. The number of piperidine rings is 1. The van der Waals surface area contributed by atoms with E-state index in [0.29, 0.717) is 38.4 Å². The summed E-state index contributed by atoms with van der Waals surface area (Å²) in [5.74, 6) is 1.10. The Balaban J connectivity index is 1.32. The van der Waals surface area contributed by atoms with Gasteiger partial charge < -0.3 is 9.84 Å². The van der Waals surface area contributed by atoms with E-state index in [1.165, 1.54) is 37.1 Å². The highest BCUT2D eigenvalue weighted by Gasteiger charge is 2.43. The highest BCUT2D eigenvalue weighted by molar-refractivity contribution is 5.40. The summed E-state index contributed by atoms with van der Waals surface area (Å²) in [6.45, 7) is 2.67. The minimum Gasteiger partial charge on any atom is -0.493 e. The van der Waals surface area contributed by atoms with Crippen molar-refractivity contribution in [3.8, 4) is 5.75 Å². The molecule has 1 N–H and O–H groups in total. The Morgan fingerprint density at radius 2 is 1.10 bits per heavy atom. The van der Waals surface area contributed by atoms with Gasteiger partial charge in [-0.3, -0.25) is 4.90 Å². The van der Waals surface area contributed by atoms with Crippen LogP contribution in [0.15, 0.2) is 72.8 Å². The zero-order chi connectivity index (χ0) is 28.5. The highest BCUT2D eigenvalue weighted by Crippen LogP contribution is 2.44. The zero-order valence-corrected chi connectivity index (χ0v) is 21.8. The first kappa shape index (κ1) is 28.5. The Labute approximate surface area is 229 Å². The van der Waals surface area contributed by atoms with Crippen LogP contribution in [0.2, 0.25) is 0 Å². The number of ether oxygens (including phenoxy) is 1. The van der Waals surface area contributed by atoms with E-state index in [4.69, 9.17) is 4.74 Å². The van der Waals surface area contributed by atoms with Crippen LogP contribution in [0, 0.1) is 11.8 Å². The van der Waals surface area contributed by atoms with Gasteiger partial charge in [0.2, 0.25) is 0 Å². The Hall–Kier alpha value is -3.04. The maximum absolute atomic E-state index is 13.2. The molecule has 0 spiro atoms. The van der Waals surface area contributed by atoms with E-state index in [1.54, 1.807) is 0 Å². The van der Waals surface area contributed by atoms with Crippen molar-refractivity contribution in [1.29, 1.82) is 0 Å². The molecule has 1 heterocycles. The maximum atomic E-state index is 13.2. The summed E-state index contributed by atoms with van der Waals surface area (Å²) in [7, 11) is 0. The van der Waals surface area contributed by atoms with Crippen LogP contribution in [0.1, 0.15) is 53.5 Å². The summed E-state index contributed by atoms with van der Waals surface area (Å²) in [5, 5.41) is 12.1. The smallest absolute Gasteiger partial charge is 0.416 e. The molecule has 0 atom stereocenters. The number of alkyl halides is 6. The predicted octanol–water partition coefficient (Wildman–Crippen LogP) is 7.66. The standard InChI is InChI=1S/C31H31F6NO2/c32-30(33,34)26-9-5-23(6-10-26)29(39,24-7-11-27(12-8-24)31(35,36)37)25-15-17-38(18-16-25)19-21-3-13-28(14-4-21)40-20-22-1-2-22/h3-14,22,25,39H,1-2,15-20H2. The topological polar surface area (TPSA) is 32.7 Å². The van der Waals surface area contributed by atoms with E-state index in [0.717, 1.165) is 42.2 Å². The second-order valence-electron chi connectivity index (χ2n) is 10.9. The van der Waals surface area contributed by atoms with Crippen molar-refractivity contribution in [3.63, 3.8) is 0 Å². The molecule has 1 aliphatic heterocycles. The van der Waals surface area contributed by atoms with E-state index < -0.39 is 35.0 Å².